The van der Waals surface area contributed by atoms with E-state index in [0.717, 1.165) is 24.2 Å². The highest BCUT2D eigenvalue weighted by Gasteiger charge is 2.35. The molecule has 0 bridgehead atoms. The van der Waals surface area contributed by atoms with E-state index in [2.05, 4.69) is 19.2 Å². The predicted octanol–water partition coefficient (Wildman–Crippen LogP) is 5.98. The molecule has 0 fully saturated rings. The number of methoxy groups -OCH3 is 1. The molecule has 1 aliphatic heterocycles. The highest BCUT2D eigenvalue weighted by molar-refractivity contribution is 7.12. The molecule has 0 radical (unpaired) electrons. The molecule has 3 aromatic rings. The minimum absolute atomic E-state index is 0.214. The number of fused-ring (bicyclic) bond motifs is 1. The maximum Gasteiger partial charge on any atom is 0.340 e. The topological polar surface area (TPSA) is 67.9 Å². The summed E-state index contributed by atoms with van der Waals surface area (Å²) in [5, 5.41) is 2.97. The molecule has 2 amide bonds. The third kappa shape index (κ3) is 4.53. The van der Waals surface area contributed by atoms with E-state index in [0.29, 0.717) is 17.8 Å². The Kier molecular flexibility index (Phi) is 7.22. The van der Waals surface area contributed by atoms with E-state index >= 15 is 0 Å². The van der Waals surface area contributed by atoms with Crippen molar-refractivity contribution in [1.82, 2.24) is 4.90 Å². The number of ether oxygens (including phenoxy) is 2. The Morgan fingerprint density at radius 2 is 1.85 bits per heavy atom. The molecule has 0 saturated carbocycles. The SMILES string of the molecule is CCOC(=O)c1ccccc1NC(=O)N1CCc2c(sc(C)c2CC)[C@H]1c1ccc(OC)cc1. The van der Waals surface area contributed by atoms with Gasteiger partial charge in [-0.2, -0.15) is 0 Å². The predicted molar refractivity (Wildman–Crippen MR) is 135 cm³/mol. The standard InChI is InChI=1S/C27H30N2O4S/c1-5-20-17(3)34-25-21(20)15-16-29(24(25)18-11-13-19(32-4)14-12-18)27(31)28-23-10-8-7-9-22(23)26(30)33-6-2/h7-14,24H,5-6,15-16H2,1-4H3,(H,28,31)/t24-/m1/s1. The number of carbonyl (C=O) groups excluding carboxylic acids is 2. The van der Waals surface area contributed by atoms with Crippen LogP contribution >= 0.6 is 11.3 Å². The summed E-state index contributed by atoms with van der Waals surface area (Å²) < 4.78 is 10.5. The smallest absolute Gasteiger partial charge is 0.340 e. The van der Waals surface area contributed by atoms with Gasteiger partial charge in [-0.3, -0.25) is 0 Å². The van der Waals surface area contributed by atoms with Gasteiger partial charge in [0.05, 0.1) is 31.0 Å². The van der Waals surface area contributed by atoms with Gasteiger partial charge < -0.3 is 19.7 Å². The first-order valence-corrected chi connectivity index (χ1v) is 12.4. The number of hydrogen-bond acceptors (Lipinski definition) is 5. The Balaban J connectivity index is 1.71. The number of esters is 1. The number of urea groups is 1. The number of thiophene rings is 1. The van der Waals surface area contributed by atoms with Crippen LogP contribution in [0.1, 0.15) is 56.7 Å². The van der Waals surface area contributed by atoms with Gasteiger partial charge in [-0.15, -0.1) is 11.3 Å². The minimum Gasteiger partial charge on any atom is -0.497 e. The Morgan fingerprint density at radius 3 is 2.53 bits per heavy atom. The Labute approximate surface area is 204 Å². The Hall–Kier alpha value is -3.32. The second-order valence-corrected chi connectivity index (χ2v) is 9.40. The second kappa shape index (κ2) is 10.3. The molecular formula is C27H30N2O4S. The first-order valence-electron chi connectivity index (χ1n) is 11.6. The highest BCUT2D eigenvalue weighted by Crippen LogP contribution is 2.43. The van der Waals surface area contributed by atoms with Crippen LogP contribution in [0.25, 0.3) is 0 Å². The maximum atomic E-state index is 13.6. The molecule has 0 aliphatic carbocycles. The number of nitrogens with one attached hydrogen (secondary N) is 1. The lowest BCUT2D eigenvalue weighted by molar-refractivity contribution is 0.0527. The molecule has 2 heterocycles. The largest absolute Gasteiger partial charge is 0.497 e. The van der Waals surface area contributed by atoms with Crippen molar-refractivity contribution in [3.8, 4) is 5.75 Å². The van der Waals surface area contributed by atoms with E-state index in [1.165, 1.54) is 20.9 Å². The highest BCUT2D eigenvalue weighted by atomic mass is 32.1. The zero-order valence-corrected chi connectivity index (χ0v) is 20.8. The third-order valence-corrected chi connectivity index (χ3v) is 7.46. The maximum absolute atomic E-state index is 13.6. The molecule has 7 heteroatoms. The molecule has 1 aromatic heterocycles. The van der Waals surface area contributed by atoms with Crippen LogP contribution in [0.15, 0.2) is 48.5 Å². The quantitative estimate of drug-likeness (QED) is 0.442. The van der Waals surface area contributed by atoms with Gasteiger partial charge in [-0.05, 0) is 67.6 Å². The molecule has 0 spiro atoms. The average molecular weight is 479 g/mol. The van der Waals surface area contributed by atoms with Crippen molar-refractivity contribution in [3.63, 3.8) is 0 Å². The molecule has 34 heavy (non-hydrogen) atoms. The molecule has 1 aliphatic rings. The normalized spacial score (nSPS) is 14.9. The summed E-state index contributed by atoms with van der Waals surface area (Å²) >= 11 is 1.77. The first-order chi connectivity index (χ1) is 16.5. The number of nitrogens with zero attached hydrogens (tertiary/aromatic N) is 1. The molecule has 1 N–H and O–H groups in total. The molecule has 6 nitrogen and oxygen atoms in total. The van der Waals surface area contributed by atoms with Crippen molar-refractivity contribution in [2.75, 3.05) is 25.6 Å². The lowest BCUT2D eigenvalue weighted by Crippen LogP contribution is -2.42. The third-order valence-electron chi connectivity index (χ3n) is 6.22. The van der Waals surface area contributed by atoms with E-state index < -0.39 is 5.97 Å². The zero-order chi connectivity index (χ0) is 24.2. The van der Waals surface area contributed by atoms with Crippen LogP contribution in [0, 0.1) is 6.92 Å². The monoisotopic (exact) mass is 478 g/mol. The average Bonchev–Trinajstić information content (AvgIpc) is 3.18. The van der Waals surface area contributed by atoms with Gasteiger partial charge in [0.2, 0.25) is 0 Å². The summed E-state index contributed by atoms with van der Waals surface area (Å²) in [6.07, 6.45) is 1.79. The number of carbonyl (C=O) groups is 2. The van der Waals surface area contributed by atoms with Crippen molar-refractivity contribution in [2.24, 2.45) is 0 Å². The van der Waals surface area contributed by atoms with Crippen molar-refractivity contribution in [3.05, 3.63) is 80.5 Å². The molecule has 2 aromatic carbocycles. The van der Waals surface area contributed by atoms with Crippen LogP contribution in [-0.2, 0) is 17.6 Å². The van der Waals surface area contributed by atoms with Crippen LogP contribution in [0.4, 0.5) is 10.5 Å². The van der Waals surface area contributed by atoms with Crippen LogP contribution < -0.4 is 10.1 Å². The van der Waals surface area contributed by atoms with Crippen molar-refractivity contribution < 1.29 is 19.1 Å². The van der Waals surface area contributed by atoms with Crippen LogP contribution in [0.2, 0.25) is 0 Å². The van der Waals surface area contributed by atoms with Gasteiger partial charge in [0, 0.05) is 16.3 Å². The Bertz CT molecular complexity index is 1190. The van der Waals surface area contributed by atoms with Crippen molar-refractivity contribution in [2.45, 2.75) is 39.7 Å². The summed E-state index contributed by atoms with van der Waals surface area (Å²) in [5.41, 5.74) is 4.57. The number of benzene rings is 2. The molecule has 0 unspecified atom stereocenters. The van der Waals surface area contributed by atoms with Crippen molar-refractivity contribution in [1.29, 1.82) is 0 Å². The number of anilines is 1. The summed E-state index contributed by atoms with van der Waals surface area (Å²) in [5.74, 6) is 0.322. The van der Waals surface area contributed by atoms with Gasteiger partial charge in [0.25, 0.3) is 0 Å². The van der Waals surface area contributed by atoms with Crippen LogP contribution in [0.3, 0.4) is 0 Å². The minimum atomic E-state index is -0.451. The van der Waals surface area contributed by atoms with Gasteiger partial charge in [0.1, 0.15) is 5.75 Å². The van der Waals surface area contributed by atoms with E-state index in [9.17, 15) is 9.59 Å². The number of aryl methyl sites for hydroxylation is 1. The summed E-state index contributed by atoms with van der Waals surface area (Å²) in [6.45, 7) is 6.96. The number of hydrogen-bond donors (Lipinski definition) is 1. The first kappa shape index (κ1) is 23.8. The fourth-order valence-electron chi connectivity index (χ4n) is 4.61. The molecule has 4 rings (SSSR count). The molecule has 178 valence electrons. The van der Waals surface area contributed by atoms with E-state index in [1.807, 2.05) is 29.2 Å². The van der Waals surface area contributed by atoms with E-state index in [-0.39, 0.29) is 18.7 Å². The van der Waals surface area contributed by atoms with Gasteiger partial charge in [-0.1, -0.05) is 31.2 Å². The number of para-hydroxylation sites is 1. The van der Waals surface area contributed by atoms with E-state index in [4.69, 9.17) is 9.47 Å². The van der Waals surface area contributed by atoms with Gasteiger partial charge in [0.15, 0.2) is 0 Å². The van der Waals surface area contributed by atoms with Gasteiger partial charge >= 0.3 is 12.0 Å². The fourth-order valence-corrected chi connectivity index (χ4v) is 6.06. The number of rotatable bonds is 6. The van der Waals surface area contributed by atoms with Crippen LogP contribution in [-0.4, -0.2) is 37.2 Å². The summed E-state index contributed by atoms with van der Waals surface area (Å²) in [4.78, 5) is 30.4. The molecule has 0 saturated heterocycles. The lowest BCUT2D eigenvalue weighted by Gasteiger charge is -2.36. The lowest BCUT2D eigenvalue weighted by atomic mass is 9.92. The summed E-state index contributed by atoms with van der Waals surface area (Å²) in [6, 6.07) is 14.4. The van der Waals surface area contributed by atoms with Gasteiger partial charge in [-0.25, -0.2) is 9.59 Å². The van der Waals surface area contributed by atoms with Crippen LogP contribution in [0.5, 0.6) is 5.75 Å². The summed E-state index contributed by atoms with van der Waals surface area (Å²) in [7, 11) is 1.64. The fraction of sp³-hybridized carbons (Fsp3) is 0.333. The second-order valence-electron chi connectivity index (χ2n) is 8.15. The van der Waals surface area contributed by atoms with Crippen molar-refractivity contribution >= 4 is 29.0 Å². The zero-order valence-electron chi connectivity index (χ0n) is 20.0. The molecule has 1 atom stereocenters. The Morgan fingerprint density at radius 1 is 1.12 bits per heavy atom. The number of amides is 2. The van der Waals surface area contributed by atoms with E-state index in [1.54, 1.807) is 49.6 Å². The molecular weight excluding hydrogens is 448 g/mol.